The van der Waals surface area contributed by atoms with Gasteiger partial charge in [0, 0.05) is 31.2 Å². The summed E-state index contributed by atoms with van der Waals surface area (Å²) in [5.74, 6) is -11.9. The second kappa shape index (κ2) is 10.7. The number of nitrogens with one attached hydrogen (secondary N) is 2. The number of carbonyl (C=O) groups is 2. The van der Waals surface area contributed by atoms with E-state index in [1.54, 1.807) is 30.3 Å². The third-order valence-electron chi connectivity index (χ3n) is 8.80. The number of imidazole rings is 1. The summed E-state index contributed by atoms with van der Waals surface area (Å²) >= 11 is 0. The Morgan fingerprint density at radius 2 is 1.61 bits per heavy atom. The third-order valence-corrected chi connectivity index (χ3v) is 8.80. The average molecular weight is 627 g/mol. The van der Waals surface area contributed by atoms with Gasteiger partial charge in [-0.3, -0.25) is 4.79 Å². The van der Waals surface area contributed by atoms with Gasteiger partial charge in [-0.05, 0) is 30.4 Å². The number of halogens is 7. The van der Waals surface area contributed by atoms with Crippen molar-refractivity contribution >= 4 is 23.0 Å². The van der Waals surface area contributed by atoms with Crippen molar-refractivity contribution in [3.8, 4) is 0 Å². The van der Waals surface area contributed by atoms with Gasteiger partial charge in [-0.25, -0.2) is 40.5 Å². The van der Waals surface area contributed by atoms with E-state index >= 15 is 4.39 Å². The summed E-state index contributed by atoms with van der Waals surface area (Å²) in [6.07, 6.45) is -3.76. The molecule has 3 fully saturated rings. The molecule has 2 aliphatic carbocycles. The molecule has 1 saturated heterocycles. The molecule has 0 spiro atoms. The van der Waals surface area contributed by atoms with Crippen molar-refractivity contribution in [2.45, 2.75) is 74.4 Å². The first-order chi connectivity index (χ1) is 20.7. The first-order valence-electron chi connectivity index (χ1n) is 14.3. The normalized spacial score (nSPS) is 22.5. The van der Waals surface area contributed by atoms with Crippen molar-refractivity contribution < 1.29 is 45.1 Å². The first-order valence-corrected chi connectivity index (χ1v) is 14.3. The van der Waals surface area contributed by atoms with Gasteiger partial charge in [-0.1, -0.05) is 36.4 Å². The van der Waals surface area contributed by atoms with E-state index in [0.29, 0.717) is 5.56 Å². The predicted octanol–water partition coefficient (Wildman–Crippen LogP) is 6.64. The highest BCUT2D eigenvalue weighted by molar-refractivity contribution is 5.92. The van der Waals surface area contributed by atoms with Gasteiger partial charge in [0.05, 0.1) is 30.1 Å². The number of aromatic amines is 1. The summed E-state index contributed by atoms with van der Waals surface area (Å²) in [6.45, 7) is -1.95. The lowest BCUT2D eigenvalue weighted by molar-refractivity contribution is -0.192. The van der Waals surface area contributed by atoms with E-state index in [1.165, 1.54) is 6.07 Å². The van der Waals surface area contributed by atoms with Crippen molar-refractivity contribution in [3.05, 3.63) is 65.2 Å². The fourth-order valence-corrected chi connectivity index (χ4v) is 6.52. The largest absolute Gasteiger partial charge is 0.445 e. The number of H-pyrrole nitrogens is 1. The molecule has 2 saturated carbocycles. The van der Waals surface area contributed by atoms with Gasteiger partial charge in [0.15, 0.2) is 5.82 Å². The molecule has 7 nitrogen and oxygen atoms in total. The number of benzene rings is 2. The molecule has 2 aromatic carbocycles. The van der Waals surface area contributed by atoms with Gasteiger partial charge in [0.25, 0.3) is 11.8 Å². The number of likely N-dealkylation sites (tertiary alicyclic amines) is 1. The van der Waals surface area contributed by atoms with Gasteiger partial charge in [0.1, 0.15) is 17.9 Å². The number of aromatic nitrogens is 2. The van der Waals surface area contributed by atoms with Crippen LogP contribution in [0.2, 0.25) is 0 Å². The highest BCUT2D eigenvalue weighted by atomic mass is 19.3. The number of hydrogen-bond acceptors (Lipinski definition) is 4. The molecule has 3 aromatic rings. The quantitative estimate of drug-likeness (QED) is 0.288. The molecule has 1 unspecified atom stereocenters. The van der Waals surface area contributed by atoms with Gasteiger partial charge >= 0.3 is 6.09 Å². The molecular weight excluding hydrogens is 597 g/mol. The fraction of sp³-hybridized carbons (Fsp3) is 0.500. The third kappa shape index (κ3) is 5.70. The minimum absolute atomic E-state index is 0.0224. The van der Waals surface area contributed by atoms with E-state index in [0.717, 1.165) is 11.0 Å². The molecule has 3 aliphatic rings. The molecule has 1 aromatic heterocycles. The van der Waals surface area contributed by atoms with E-state index in [4.69, 9.17) is 4.74 Å². The van der Waals surface area contributed by atoms with Crippen LogP contribution < -0.4 is 5.32 Å². The van der Waals surface area contributed by atoms with Gasteiger partial charge in [-0.15, -0.1) is 0 Å². The SMILES string of the molecule is O=C(NC(c1nc2c(F)c(C3(C(=O)N4CC(F)(F)C4)CC(F)(F)C3)ccc2[nH]1)C1CCC(F)(F)CC1)OCc1ccccc1. The summed E-state index contributed by atoms with van der Waals surface area (Å²) in [7, 11) is 0. The van der Waals surface area contributed by atoms with Crippen molar-refractivity contribution in [2.24, 2.45) is 5.92 Å². The maximum absolute atomic E-state index is 16.1. The summed E-state index contributed by atoms with van der Waals surface area (Å²) in [5, 5.41) is 2.66. The average Bonchev–Trinajstić information content (AvgIpc) is 3.38. The Kier molecular flexibility index (Phi) is 7.31. The Morgan fingerprint density at radius 1 is 0.955 bits per heavy atom. The Bertz CT molecular complexity index is 1550. The molecule has 14 heteroatoms. The lowest BCUT2D eigenvalue weighted by Gasteiger charge is -2.51. The van der Waals surface area contributed by atoms with E-state index < -0.39 is 97.3 Å². The number of carbonyl (C=O) groups excluding carboxylic acids is 2. The zero-order valence-electron chi connectivity index (χ0n) is 23.3. The van der Waals surface area contributed by atoms with Gasteiger partial charge < -0.3 is 19.9 Å². The molecule has 1 atom stereocenters. The zero-order chi connectivity index (χ0) is 31.5. The second-order valence-corrected chi connectivity index (χ2v) is 12.1. The molecule has 1 aliphatic heterocycles. The van der Waals surface area contributed by atoms with Crippen LogP contribution in [0, 0.1) is 11.7 Å². The van der Waals surface area contributed by atoms with Crippen LogP contribution in [-0.2, 0) is 21.6 Å². The van der Waals surface area contributed by atoms with Crippen LogP contribution in [0.5, 0.6) is 0 Å². The number of alkyl halides is 6. The predicted molar refractivity (Wildman–Crippen MR) is 143 cm³/mol. The maximum Gasteiger partial charge on any atom is 0.408 e. The lowest BCUT2D eigenvalue weighted by Crippen LogP contribution is -2.67. The smallest absolute Gasteiger partial charge is 0.408 e. The van der Waals surface area contributed by atoms with E-state index in [9.17, 15) is 35.9 Å². The van der Waals surface area contributed by atoms with Crippen LogP contribution in [-0.4, -0.2) is 57.7 Å². The highest BCUT2D eigenvalue weighted by Crippen LogP contribution is 2.56. The molecule has 2 amide bonds. The molecule has 0 radical (unpaired) electrons. The van der Waals surface area contributed by atoms with E-state index in [2.05, 4.69) is 15.3 Å². The van der Waals surface area contributed by atoms with Crippen LogP contribution >= 0.6 is 0 Å². The molecule has 0 bridgehead atoms. The van der Waals surface area contributed by atoms with Gasteiger partial charge in [-0.2, -0.15) is 0 Å². The summed E-state index contributed by atoms with van der Waals surface area (Å²) in [5.41, 5.74) is -1.94. The number of fused-ring (bicyclic) bond motifs is 1. The number of nitrogens with zero attached hydrogens (tertiary/aromatic N) is 2. The van der Waals surface area contributed by atoms with Crippen LogP contribution in [0.15, 0.2) is 42.5 Å². The first kappa shape index (κ1) is 30.2. The second-order valence-electron chi connectivity index (χ2n) is 12.1. The molecule has 6 rings (SSSR count). The molecule has 2 heterocycles. The van der Waals surface area contributed by atoms with Crippen LogP contribution in [0.4, 0.5) is 35.5 Å². The van der Waals surface area contributed by atoms with E-state index in [-0.39, 0.29) is 36.3 Å². The number of hydrogen-bond donors (Lipinski definition) is 2. The van der Waals surface area contributed by atoms with Crippen LogP contribution in [0.1, 0.15) is 61.5 Å². The minimum Gasteiger partial charge on any atom is -0.445 e. The number of rotatable bonds is 7. The zero-order valence-corrected chi connectivity index (χ0v) is 23.3. The standard InChI is InChI=1S/C30H29F7N4O3/c31-21-19(27(13-29(34,35)14-27)25(42)41-15-30(36,37)16-41)6-7-20-23(21)39-24(38-20)22(18-8-10-28(32,33)11-9-18)40-26(43)44-12-17-4-2-1-3-5-17/h1-7,18,22H,8-16H2,(H,38,39)(H,40,43). The van der Waals surface area contributed by atoms with E-state index in [1.807, 2.05) is 0 Å². The van der Waals surface area contributed by atoms with Gasteiger partial charge in [0.2, 0.25) is 11.8 Å². The van der Waals surface area contributed by atoms with Crippen molar-refractivity contribution in [1.82, 2.24) is 20.2 Å². The summed E-state index contributed by atoms with van der Waals surface area (Å²) in [4.78, 5) is 33.9. The van der Waals surface area contributed by atoms with Crippen molar-refractivity contribution in [1.29, 1.82) is 0 Å². The molecular formula is C30H29F7N4O3. The highest BCUT2D eigenvalue weighted by Gasteiger charge is 2.65. The van der Waals surface area contributed by atoms with Crippen LogP contribution in [0.25, 0.3) is 11.0 Å². The fourth-order valence-electron chi connectivity index (χ4n) is 6.52. The number of ether oxygens (including phenoxy) is 1. The number of amides is 2. The lowest BCUT2D eigenvalue weighted by atomic mass is 9.60. The Balaban J connectivity index is 1.30. The number of alkyl carbamates (subject to hydrolysis) is 1. The molecule has 44 heavy (non-hydrogen) atoms. The minimum atomic E-state index is -3.29. The summed E-state index contributed by atoms with van der Waals surface area (Å²) in [6, 6.07) is 10.3. The Labute approximate surface area is 247 Å². The maximum atomic E-state index is 16.1. The van der Waals surface area contributed by atoms with Crippen molar-refractivity contribution in [2.75, 3.05) is 13.1 Å². The summed E-state index contributed by atoms with van der Waals surface area (Å²) < 4.78 is 105. The topological polar surface area (TPSA) is 87.3 Å². The monoisotopic (exact) mass is 626 g/mol. The Hall–Kier alpha value is -3.84. The van der Waals surface area contributed by atoms with Crippen molar-refractivity contribution in [3.63, 3.8) is 0 Å². The Morgan fingerprint density at radius 3 is 2.23 bits per heavy atom. The molecule has 2 N–H and O–H groups in total. The molecule has 236 valence electrons. The van der Waals surface area contributed by atoms with Crippen LogP contribution in [0.3, 0.4) is 0 Å².